The van der Waals surface area contributed by atoms with E-state index in [1.807, 2.05) is 0 Å². The SMILES string of the molecule is CCCCCCCCCOC(=O)CCN(CCCNc1nc(NCCCN(CCC(=O)OCCCCCCCCC)CCC(=O)OCCCCCCCCC)nc(NCCN2CCN(C)CC2)n1)CCC(=O)OCCCCCCCCC. The molecular weight excluding hydrogens is 1040 g/mol. The molecule has 18 nitrogen and oxygen atoms in total. The monoisotopic (exact) mass is 1160 g/mol. The maximum atomic E-state index is 12.9. The third-order valence-electron chi connectivity index (χ3n) is 15.4. The number of nitrogens with one attached hydrogen (secondary N) is 3. The number of likely N-dealkylation sites (N-methyl/N-ethyl adjacent to an activating group) is 1. The van der Waals surface area contributed by atoms with Crippen molar-refractivity contribution in [3.63, 3.8) is 0 Å². The predicted octanol–water partition coefficient (Wildman–Crippen LogP) is 12.5. The summed E-state index contributed by atoms with van der Waals surface area (Å²) in [5.41, 5.74) is 0. The van der Waals surface area contributed by atoms with Crippen molar-refractivity contribution in [3.05, 3.63) is 0 Å². The Labute approximate surface area is 499 Å². The van der Waals surface area contributed by atoms with Crippen LogP contribution in [-0.4, -0.2) is 184 Å². The van der Waals surface area contributed by atoms with E-state index in [1.165, 1.54) is 128 Å². The van der Waals surface area contributed by atoms with Gasteiger partial charge in [-0.2, -0.15) is 15.0 Å². The highest BCUT2D eigenvalue weighted by Gasteiger charge is 2.17. The van der Waals surface area contributed by atoms with Gasteiger partial charge in [-0.3, -0.25) is 24.1 Å². The van der Waals surface area contributed by atoms with E-state index < -0.39 is 0 Å². The lowest BCUT2D eigenvalue weighted by Gasteiger charge is -2.32. The van der Waals surface area contributed by atoms with Gasteiger partial charge in [-0.25, -0.2) is 0 Å². The summed E-state index contributed by atoms with van der Waals surface area (Å²) in [5, 5.41) is 10.3. The first-order valence-electron chi connectivity index (χ1n) is 33.6. The number of hydrogen-bond acceptors (Lipinski definition) is 18. The maximum absolute atomic E-state index is 12.9. The normalized spacial score (nSPS) is 13.0. The molecule has 0 amide bonds. The molecule has 0 aliphatic carbocycles. The van der Waals surface area contributed by atoms with Crippen LogP contribution < -0.4 is 16.0 Å². The van der Waals surface area contributed by atoms with E-state index in [9.17, 15) is 19.2 Å². The molecule has 1 aromatic rings. The number of rotatable bonds is 58. The van der Waals surface area contributed by atoms with Crippen molar-refractivity contribution in [2.75, 3.05) is 141 Å². The second kappa shape index (κ2) is 53.8. The summed E-state index contributed by atoms with van der Waals surface area (Å²) in [6, 6.07) is 0. The number of aromatic nitrogens is 3. The summed E-state index contributed by atoms with van der Waals surface area (Å²) in [5.74, 6) is 0.552. The molecule has 18 heteroatoms. The van der Waals surface area contributed by atoms with E-state index in [4.69, 9.17) is 33.9 Å². The molecule has 1 aromatic heterocycles. The van der Waals surface area contributed by atoms with Crippen molar-refractivity contribution in [2.24, 2.45) is 0 Å². The first kappa shape index (κ1) is 74.2. The predicted molar refractivity (Wildman–Crippen MR) is 336 cm³/mol. The van der Waals surface area contributed by atoms with Crippen LogP contribution >= 0.6 is 0 Å². The Morgan fingerprint density at radius 2 is 0.634 bits per heavy atom. The Hall–Kier alpha value is -3.87. The molecule has 1 aliphatic heterocycles. The van der Waals surface area contributed by atoms with Gasteiger partial charge in [-0.1, -0.05) is 182 Å². The molecule has 0 saturated carbocycles. The van der Waals surface area contributed by atoms with Crippen molar-refractivity contribution in [3.8, 4) is 0 Å². The number of hydrogen-bond donors (Lipinski definition) is 3. The molecule has 3 N–H and O–H groups in total. The third kappa shape index (κ3) is 44.6. The standard InChI is InChI=1S/C64H122N10O8/c1-6-10-14-18-22-26-30-54-79-58(75)36-45-72(46-37-59(76)80-55-31-27-23-19-15-11-7-2)43-34-40-65-62-68-63(70-64(69-62)67-42-49-74-52-50-71(5)51-53-74)66-41-35-44-73(47-38-60(77)81-56-32-28-24-20-16-12-8-3)48-39-61(78)82-57-33-29-25-21-17-13-9-4/h6-57H2,1-5H3,(H3,65,66,67,68,69,70). The minimum atomic E-state index is -0.204. The van der Waals surface area contributed by atoms with Crippen molar-refractivity contribution >= 4 is 41.7 Å². The molecule has 0 bridgehead atoms. The lowest BCUT2D eigenvalue weighted by Crippen LogP contribution is -2.45. The molecule has 2 heterocycles. The van der Waals surface area contributed by atoms with Gasteiger partial charge in [0.2, 0.25) is 17.8 Å². The summed E-state index contributed by atoms with van der Waals surface area (Å²) >= 11 is 0. The second-order valence-electron chi connectivity index (χ2n) is 23.0. The number of anilines is 3. The highest BCUT2D eigenvalue weighted by atomic mass is 16.5. The Balaban J connectivity index is 2.05. The molecule has 82 heavy (non-hydrogen) atoms. The average Bonchev–Trinajstić information content (AvgIpc) is 3.48. The molecule has 0 spiro atoms. The van der Waals surface area contributed by atoms with Gasteiger partial charge in [0.05, 0.1) is 52.1 Å². The summed E-state index contributed by atoms with van der Waals surface area (Å²) < 4.78 is 22.5. The molecular formula is C64H122N10O8. The van der Waals surface area contributed by atoms with Crippen LogP contribution in [0.3, 0.4) is 0 Å². The second-order valence-corrected chi connectivity index (χ2v) is 23.0. The number of carbonyl (C=O) groups excluding carboxylic acids is 4. The van der Waals surface area contributed by atoms with E-state index >= 15 is 0 Å². The van der Waals surface area contributed by atoms with E-state index in [-0.39, 0.29) is 49.6 Å². The van der Waals surface area contributed by atoms with Crippen molar-refractivity contribution in [2.45, 2.75) is 246 Å². The summed E-state index contributed by atoms with van der Waals surface area (Å²) in [4.78, 5) is 74.9. The van der Waals surface area contributed by atoms with Crippen LogP contribution in [0.25, 0.3) is 0 Å². The number of piperazine rings is 1. The number of ether oxygens (including phenoxy) is 4. The van der Waals surface area contributed by atoms with E-state index in [0.717, 1.165) is 96.9 Å². The lowest BCUT2D eigenvalue weighted by atomic mass is 10.1. The fourth-order valence-corrected chi connectivity index (χ4v) is 9.95. The van der Waals surface area contributed by atoms with Crippen LogP contribution in [0.1, 0.15) is 246 Å². The minimum absolute atomic E-state index is 0.204. The van der Waals surface area contributed by atoms with E-state index in [2.05, 4.69) is 70.3 Å². The highest BCUT2D eigenvalue weighted by molar-refractivity contribution is 5.71. The Morgan fingerprint density at radius 1 is 0.366 bits per heavy atom. The molecule has 0 radical (unpaired) electrons. The van der Waals surface area contributed by atoms with Gasteiger partial charge in [0.25, 0.3) is 0 Å². The smallest absolute Gasteiger partial charge is 0.307 e. The van der Waals surface area contributed by atoms with Crippen LogP contribution in [0.4, 0.5) is 17.8 Å². The summed E-state index contributed by atoms with van der Waals surface area (Å²) in [7, 11) is 2.16. The van der Waals surface area contributed by atoms with Gasteiger partial charge in [0.15, 0.2) is 0 Å². The zero-order chi connectivity index (χ0) is 59.2. The third-order valence-corrected chi connectivity index (χ3v) is 15.4. The molecule has 1 aliphatic rings. The van der Waals surface area contributed by atoms with Gasteiger partial charge in [-0.15, -0.1) is 0 Å². The van der Waals surface area contributed by atoms with Crippen LogP contribution in [0.15, 0.2) is 0 Å². The van der Waals surface area contributed by atoms with Crippen molar-refractivity contribution < 1.29 is 38.1 Å². The van der Waals surface area contributed by atoms with E-state index in [0.29, 0.717) is 103 Å². The maximum Gasteiger partial charge on any atom is 0.307 e. The fourth-order valence-electron chi connectivity index (χ4n) is 9.95. The Morgan fingerprint density at radius 3 is 0.927 bits per heavy atom. The average molecular weight is 1160 g/mol. The highest BCUT2D eigenvalue weighted by Crippen LogP contribution is 2.14. The van der Waals surface area contributed by atoms with Crippen molar-refractivity contribution in [1.29, 1.82) is 0 Å². The molecule has 0 aromatic carbocycles. The van der Waals surface area contributed by atoms with Crippen LogP contribution in [0, 0.1) is 0 Å². The topological polar surface area (TPSA) is 193 Å². The van der Waals surface area contributed by atoms with Crippen LogP contribution in [0.5, 0.6) is 0 Å². The summed E-state index contributed by atoms with van der Waals surface area (Å²) in [6.07, 6.45) is 35.0. The van der Waals surface area contributed by atoms with Gasteiger partial charge in [0, 0.05) is 78.5 Å². The van der Waals surface area contributed by atoms with Gasteiger partial charge < -0.3 is 49.6 Å². The number of carbonyl (C=O) groups is 4. The Bertz CT molecular complexity index is 1520. The summed E-state index contributed by atoms with van der Waals surface area (Å²) in [6.45, 7) is 20.8. The molecule has 1 saturated heterocycles. The van der Waals surface area contributed by atoms with E-state index in [1.54, 1.807) is 0 Å². The fraction of sp³-hybridized carbons (Fsp3) is 0.891. The molecule has 0 atom stereocenters. The lowest BCUT2D eigenvalue weighted by molar-refractivity contribution is -0.146. The first-order valence-corrected chi connectivity index (χ1v) is 33.6. The van der Waals surface area contributed by atoms with Gasteiger partial charge in [0.1, 0.15) is 0 Å². The Kier molecular flexibility index (Phi) is 48.7. The molecule has 0 unspecified atom stereocenters. The zero-order valence-electron chi connectivity index (χ0n) is 53.2. The van der Waals surface area contributed by atoms with Crippen LogP contribution in [0.2, 0.25) is 0 Å². The van der Waals surface area contributed by atoms with Gasteiger partial charge >= 0.3 is 23.9 Å². The van der Waals surface area contributed by atoms with Crippen LogP contribution in [-0.2, 0) is 38.1 Å². The molecule has 2 rings (SSSR count). The van der Waals surface area contributed by atoms with Crippen molar-refractivity contribution in [1.82, 2.24) is 34.6 Å². The zero-order valence-corrected chi connectivity index (χ0v) is 53.2. The largest absolute Gasteiger partial charge is 0.466 e. The number of nitrogens with zero attached hydrogens (tertiary/aromatic N) is 7. The molecule has 476 valence electrons. The quantitative estimate of drug-likeness (QED) is 0.0316. The molecule has 1 fully saturated rings. The number of unbranched alkanes of at least 4 members (excludes halogenated alkanes) is 24. The van der Waals surface area contributed by atoms with Gasteiger partial charge in [-0.05, 0) is 58.7 Å². The minimum Gasteiger partial charge on any atom is -0.466 e. The first-order chi connectivity index (χ1) is 40.1. The number of esters is 4.